The Kier molecular flexibility index (Phi) is 10.9. The summed E-state index contributed by atoms with van der Waals surface area (Å²) < 4.78 is 0. The highest BCUT2D eigenvalue weighted by Gasteiger charge is 1.84. The molecule has 0 aliphatic carbocycles. The normalized spacial score (nSPS) is 10.8. The van der Waals surface area contributed by atoms with Crippen LogP contribution in [0.15, 0.2) is 79.1 Å². The number of aromatic nitrogens is 3. The maximum atomic E-state index is 8.24. The van der Waals surface area contributed by atoms with Gasteiger partial charge in [0, 0.05) is 6.54 Å². The first-order chi connectivity index (χ1) is 12.2. The summed E-state index contributed by atoms with van der Waals surface area (Å²) in [7, 11) is 0. The van der Waals surface area contributed by atoms with Gasteiger partial charge in [-0.05, 0) is 29.3 Å². The Morgan fingerprint density at radius 3 is 1.48 bits per heavy atom. The van der Waals surface area contributed by atoms with Crippen LogP contribution in [0.3, 0.4) is 0 Å². The number of hydrogen-bond acceptors (Lipinski definition) is 5. The Balaban J connectivity index is 0.000000235. The molecule has 3 N–H and O–H groups in total. The van der Waals surface area contributed by atoms with Gasteiger partial charge in [0.25, 0.3) is 0 Å². The summed E-state index contributed by atoms with van der Waals surface area (Å²) >= 11 is 0. The zero-order valence-electron chi connectivity index (χ0n) is 14.3. The van der Waals surface area contributed by atoms with E-state index in [1.54, 1.807) is 25.4 Å². The molecule has 1 unspecified atom stereocenters. The lowest BCUT2D eigenvalue weighted by molar-refractivity contribution is 0.203. The summed E-state index contributed by atoms with van der Waals surface area (Å²) in [6.07, 6.45) is 7.06. The fourth-order valence-electron chi connectivity index (χ4n) is 1.53. The molecule has 0 saturated carbocycles. The Bertz CT molecular complexity index is 606. The number of benzene rings is 2. The van der Waals surface area contributed by atoms with Gasteiger partial charge >= 0.3 is 0 Å². The first-order valence-electron chi connectivity index (χ1n) is 7.97. The van der Waals surface area contributed by atoms with Gasteiger partial charge < -0.3 is 10.8 Å². The first kappa shape index (κ1) is 20.2. The molecule has 0 aliphatic rings. The van der Waals surface area contributed by atoms with Gasteiger partial charge in [0.05, 0.1) is 18.5 Å². The van der Waals surface area contributed by atoms with E-state index in [0.29, 0.717) is 6.54 Å². The van der Waals surface area contributed by atoms with Crippen LogP contribution in [-0.2, 0) is 0 Å². The van der Waals surface area contributed by atoms with Crippen molar-refractivity contribution in [2.75, 3.05) is 6.54 Å². The summed E-state index contributed by atoms with van der Waals surface area (Å²) in [5.74, 6) is 0. The standard InChI is InChI=1S/C14H12.C3H3N3.C3H9NO/c1-3-7-13(8-4-1)11-12-14-9-5-2-6-10-14;1-2-4-6-5-3-1;1-3(5)2-4/h1-12H;1-3H;3,5H,2,4H2,1H3. The van der Waals surface area contributed by atoms with Gasteiger partial charge in [0.1, 0.15) is 0 Å². The minimum Gasteiger partial charge on any atom is -0.392 e. The van der Waals surface area contributed by atoms with Crippen molar-refractivity contribution in [2.24, 2.45) is 5.73 Å². The van der Waals surface area contributed by atoms with E-state index >= 15 is 0 Å². The number of hydrogen-bond donors (Lipinski definition) is 2. The average molecular weight is 336 g/mol. The Hall–Kier alpha value is -2.89. The molecule has 2 aromatic carbocycles. The highest BCUT2D eigenvalue weighted by Crippen LogP contribution is 2.06. The summed E-state index contributed by atoms with van der Waals surface area (Å²) in [5.41, 5.74) is 7.39. The summed E-state index contributed by atoms with van der Waals surface area (Å²) in [6.45, 7) is 2.01. The van der Waals surface area contributed by atoms with Crippen molar-refractivity contribution in [3.8, 4) is 0 Å². The lowest BCUT2D eigenvalue weighted by Gasteiger charge is -1.92. The molecule has 0 radical (unpaired) electrons. The average Bonchev–Trinajstić information content (AvgIpc) is 2.70. The Labute approximate surface area is 148 Å². The Morgan fingerprint density at radius 2 is 1.24 bits per heavy atom. The molecule has 1 aromatic heterocycles. The van der Waals surface area contributed by atoms with Gasteiger partial charge in [0.15, 0.2) is 0 Å². The molecular weight excluding hydrogens is 312 g/mol. The van der Waals surface area contributed by atoms with E-state index in [2.05, 4.69) is 51.8 Å². The Morgan fingerprint density at radius 1 is 0.840 bits per heavy atom. The zero-order valence-corrected chi connectivity index (χ0v) is 14.3. The lowest BCUT2D eigenvalue weighted by Crippen LogP contribution is -2.14. The van der Waals surface area contributed by atoms with Crippen LogP contribution >= 0.6 is 0 Å². The second kappa shape index (κ2) is 13.5. The van der Waals surface area contributed by atoms with Crippen molar-refractivity contribution in [1.82, 2.24) is 15.4 Å². The summed E-state index contributed by atoms with van der Waals surface area (Å²) in [4.78, 5) is 0. The fraction of sp³-hybridized carbons (Fsp3) is 0.150. The third kappa shape index (κ3) is 11.3. The fourth-order valence-corrected chi connectivity index (χ4v) is 1.53. The maximum absolute atomic E-state index is 8.24. The second-order valence-corrected chi connectivity index (χ2v) is 5.05. The highest BCUT2D eigenvalue weighted by atomic mass is 16.3. The van der Waals surface area contributed by atoms with Crippen LogP contribution in [-0.4, -0.2) is 33.2 Å². The van der Waals surface area contributed by atoms with Crippen LogP contribution in [0.5, 0.6) is 0 Å². The molecule has 0 fully saturated rings. The van der Waals surface area contributed by atoms with E-state index in [4.69, 9.17) is 10.8 Å². The maximum Gasteiger partial charge on any atom is 0.0634 e. The van der Waals surface area contributed by atoms with Crippen molar-refractivity contribution < 1.29 is 5.11 Å². The van der Waals surface area contributed by atoms with Gasteiger partial charge in [-0.25, -0.2) is 0 Å². The molecule has 3 rings (SSSR count). The minimum atomic E-state index is -0.338. The third-order valence-corrected chi connectivity index (χ3v) is 2.82. The van der Waals surface area contributed by atoms with Crippen molar-refractivity contribution in [2.45, 2.75) is 13.0 Å². The quantitative estimate of drug-likeness (QED) is 0.718. The molecule has 1 heterocycles. The van der Waals surface area contributed by atoms with Crippen LogP contribution in [0, 0.1) is 0 Å². The molecule has 0 amide bonds. The summed E-state index contributed by atoms with van der Waals surface area (Å²) in [6, 6.07) is 22.3. The van der Waals surface area contributed by atoms with Gasteiger partial charge in [-0.3, -0.25) is 0 Å². The molecule has 0 saturated heterocycles. The van der Waals surface area contributed by atoms with E-state index in [0.717, 1.165) is 0 Å². The van der Waals surface area contributed by atoms with E-state index in [-0.39, 0.29) is 6.10 Å². The van der Waals surface area contributed by atoms with E-state index in [1.165, 1.54) is 11.1 Å². The largest absolute Gasteiger partial charge is 0.392 e. The monoisotopic (exact) mass is 336 g/mol. The van der Waals surface area contributed by atoms with Crippen molar-refractivity contribution >= 4 is 12.2 Å². The van der Waals surface area contributed by atoms with Gasteiger partial charge in [-0.1, -0.05) is 72.8 Å². The van der Waals surface area contributed by atoms with Crippen molar-refractivity contribution in [3.05, 3.63) is 90.3 Å². The van der Waals surface area contributed by atoms with E-state index in [9.17, 15) is 0 Å². The molecule has 0 bridgehead atoms. The number of rotatable bonds is 3. The third-order valence-electron chi connectivity index (χ3n) is 2.82. The van der Waals surface area contributed by atoms with Crippen molar-refractivity contribution in [3.63, 3.8) is 0 Å². The SMILES string of the molecule is C(=Cc1ccccc1)c1ccccc1.CC(O)CN.c1cnnnc1. The highest BCUT2D eigenvalue weighted by molar-refractivity contribution is 5.69. The lowest BCUT2D eigenvalue weighted by atomic mass is 10.1. The molecule has 130 valence electrons. The molecule has 0 aliphatic heterocycles. The van der Waals surface area contributed by atoms with Crippen LogP contribution < -0.4 is 5.73 Å². The van der Waals surface area contributed by atoms with E-state index in [1.807, 2.05) is 36.4 Å². The minimum absolute atomic E-state index is 0.338. The smallest absolute Gasteiger partial charge is 0.0634 e. The molecule has 1 atom stereocenters. The predicted octanol–water partition coefficient (Wildman–Crippen LogP) is 3.05. The van der Waals surface area contributed by atoms with Crippen LogP contribution in [0.25, 0.3) is 12.2 Å². The molecule has 3 aromatic rings. The molecule has 25 heavy (non-hydrogen) atoms. The molecule has 0 spiro atoms. The van der Waals surface area contributed by atoms with Gasteiger partial charge in [0.2, 0.25) is 0 Å². The molecule has 5 nitrogen and oxygen atoms in total. The number of aliphatic hydroxyl groups excluding tert-OH is 1. The predicted molar refractivity (Wildman–Crippen MR) is 102 cm³/mol. The molecule has 5 heteroatoms. The first-order valence-corrected chi connectivity index (χ1v) is 7.97. The topological polar surface area (TPSA) is 84.9 Å². The summed E-state index contributed by atoms with van der Waals surface area (Å²) in [5, 5.41) is 18.4. The number of nitrogens with two attached hydrogens (primary N) is 1. The van der Waals surface area contributed by atoms with Gasteiger partial charge in [-0.15, -0.1) is 10.2 Å². The van der Waals surface area contributed by atoms with Crippen LogP contribution in [0.2, 0.25) is 0 Å². The van der Waals surface area contributed by atoms with Crippen molar-refractivity contribution in [1.29, 1.82) is 0 Å². The van der Waals surface area contributed by atoms with Crippen LogP contribution in [0.1, 0.15) is 18.1 Å². The number of aliphatic hydroxyl groups is 1. The van der Waals surface area contributed by atoms with E-state index < -0.39 is 0 Å². The number of nitrogens with zero attached hydrogens (tertiary/aromatic N) is 3. The zero-order chi connectivity index (χ0) is 18.2. The second-order valence-electron chi connectivity index (χ2n) is 5.05. The molecular formula is C20H24N4O. The van der Waals surface area contributed by atoms with Gasteiger partial charge in [-0.2, -0.15) is 0 Å². The van der Waals surface area contributed by atoms with Crippen LogP contribution in [0.4, 0.5) is 0 Å².